The summed E-state index contributed by atoms with van der Waals surface area (Å²) >= 11 is 0. The van der Waals surface area contributed by atoms with Gasteiger partial charge in [0.05, 0.1) is 19.3 Å². The van der Waals surface area contributed by atoms with Crippen LogP contribution in [0.3, 0.4) is 0 Å². The molecule has 1 aliphatic rings. The quantitative estimate of drug-likeness (QED) is 0.789. The highest BCUT2D eigenvalue weighted by atomic mass is 19.1. The number of halogens is 1. The minimum absolute atomic E-state index is 0.0117. The maximum atomic E-state index is 13.9. The third-order valence-electron chi connectivity index (χ3n) is 3.74. The second kappa shape index (κ2) is 4.30. The first-order valence-electron chi connectivity index (χ1n) is 6.66. The predicted octanol–water partition coefficient (Wildman–Crippen LogP) is 3.24. The molecular formula is C15H19FN2O. The van der Waals surface area contributed by atoms with Crippen LogP contribution in [0.4, 0.5) is 4.39 Å². The largest absolute Gasteiger partial charge is 0.376 e. The average Bonchev–Trinajstić information content (AvgIpc) is 2.91. The maximum Gasteiger partial charge on any atom is 0.146 e. The van der Waals surface area contributed by atoms with Crippen molar-refractivity contribution in [1.82, 2.24) is 9.55 Å². The van der Waals surface area contributed by atoms with Gasteiger partial charge in [0.2, 0.25) is 0 Å². The number of ether oxygens (including phenoxy) is 1. The van der Waals surface area contributed by atoms with Crippen molar-refractivity contribution in [2.45, 2.75) is 38.4 Å². The minimum atomic E-state index is -0.953. The molecule has 1 saturated heterocycles. The van der Waals surface area contributed by atoms with Gasteiger partial charge >= 0.3 is 0 Å². The molecule has 0 spiro atoms. The molecule has 3 heterocycles. The van der Waals surface area contributed by atoms with E-state index in [1.165, 1.54) is 5.56 Å². The molecule has 1 fully saturated rings. The monoisotopic (exact) mass is 262 g/mol. The number of hydrogen-bond donors (Lipinski definition) is 0. The Morgan fingerprint density at radius 2 is 2.16 bits per heavy atom. The van der Waals surface area contributed by atoms with Crippen molar-refractivity contribution < 1.29 is 9.13 Å². The summed E-state index contributed by atoms with van der Waals surface area (Å²) in [7, 11) is 0. The van der Waals surface area contributed by atoms with Gasteiger partial charge in [-0.2, -0.15) is 0 Å². The minimum Gasteiger partial charge on any atom is -0.376 e. The zero-order valence-corrected chi connectivity index (χ0v) is 11.6. The molecular weight excluding hydrogens is 243 g/mol. The van der Waals surface area contributed by atoms with Crippen LogP contribution in [0.2, 0.25) is 0 Å². The van der Waals surface area contributed by atoms with Crippen LogP contribution >= 0.6 is 0 Å². The molecule has 19 heavy (non-hydrogen) atoms. The molecule has 0 aromatic carbocycles. The molecule has 0 unspecified atom stereocenters. The van der Waals surface area contributed by atoms with E-state index in [1.54, 1.807) is 6.20 Å². The van der Waals surface area contributed by atoms with Crippen LogP contribution in [0.1, 0.15) is 32.4 Å². The topological polar surface area (TPSA) is 27.1 Å². The number of alkyl halides is 1. The summed E-state index contributed by atoms with van der Waals surface area (Å²) in [5.41, 5.74) is 2.07. The first kappa shape index (κ1) is 12.6. The number of rotatable bonds is 1. The van der Waals surface area contributed by atoms with Gasteiger partial charge in [-0.25, -0.2) is 9.37 Å². The van der Waals surface area contributed by atoms with E-state index in [0.29, 0.717) is 6.61 Å². The van der Waals surface area contributed by atoms with E-state index < -0.39 is 6.17 Å². The van der Waals surface area contributed by atoms with Crippen molar-refractivity contribution in [2.75, 3.05) is 13.2 Å². The van der Waals surface area contributed by atoms with E-state index in [9.17, 15) is 4.39 Å². The number of hydrogen-bond acceptors (Lipinski definition) is 2. The molecule has 0 N–H and O–H groups in total. The first-order chi connectivity index (χ1) is 8.98. The lowest BCUT2D eigenvalue weighted by Crippen LogP contribution is -2.18. The fourth-order valence-corrected chi connectivity index (χ4v) is 2.70. The smallest absolute Gasteiger partial charge is 0.146 e. The standard InChI is InChI=1S/C15H19FN2O/c1-15(2,3)11-7-18(13-9-19-8-12(13)16)14-10(11)5-4-6-17-14/h4-7,12-13H,8-9H2,1-3H3/t12-,13-/m1/s1. The van der Waals surface area contributed by atoms with Gasteiger partial charge in [0.15, 0.2) is 0 Å². The van der Waals surface area contributed by atoms with Crippen LogP contribution < -0.4 is 0 Å². The molecule has 1 aliphatic heterocycles. The number of aromatic nitrogens is 2. The molecule has 2 atom stereocenters. The fraction of sp³-hybridized carbons (Fsp3) is 0.533. The highest BCUT2D eigenvalue weighted by Crippen LogP contribution is 2.34. The summed E-state index contributed by atoms with van der Waals surface area (Å²) < 4.78 is 21.1. The normalized spacial score (nSPS) is 24.2. The Balaban J connectivity index is 2.20. The van der Waals surface area contributed by atoms with E-state index in [-0.39, 0.29) is 18.1 Å². The van der Waals surface area contributed by atoms with Crippen molar-refractivity contribution in [3.63, 3.8) is 0 Å². The molecule has 2 aromatic heterocycles. The predicted molar refractivity (Wildman–Crippen MR) is 73.2 cm³/mol. The van der Waals surface area contributed by atoms with Crippen molar-refractivity contribution in [3.05, 3.63) is 30.1 Å². The van der Waals surface area contributed by atoms with Gasteiger partial charge in [-0.3, -0.25) is 0 Å². The molecule has 2 aromatic rings. The van der Waals surface area contributed by atoms with E-state index in [1.807, 2.05) is 16.8 Å². The Hall–Kier alpha value is -1.42. The van der Waals surface area contributed by atoms with Crippen LogP contribution in [0.25, 0.3) is 11.0 Å². The van der Waals surface area contributed by atoms with Crippen molar-refractivity contribution >= 4 is 11.0 Å². The summed E-state index contributed by atoms with van der Waals surface area (Å²) in [5.74, 6) is 0. The van der Waals surface area contributed by atoms with Crippen molar-refractivity contribution in [3.8, 4) is 0 Å². The Kier molecular flexibility index (Phi) is 2.86. The third-order valence-corrected chi connectivity index (χ3v) is 3.74. The van der Waals surface area contributed by atoms with Crippen LogP contribution in [0, 0.1) is 0 Å². The van der Waals surface area contributed by atoms with Gasteiger partial charge < -0.3 is 9.30 Å². The van der Waals surface area contributed by atoms with Crippen LogP contribution in [-0.4, -0.2) is 28.9 Å². The highest BCUT2D eigenvalue weighted by Gasteiger charge is 2.32. The van der Waals surface area contributed by atoms with E-state index in [4.69, 9.17) is 4.74 Å². The van der Waals surface area contributed by atoms with Gasteiger partial charge in [-0.1, -0.05) is 20.8 Å². The van der Waals surface area contributed by atoms with E-state index >= 15 is 0 Å². The highest BCUT2D eigenvalue weighted by molar-refractivity contribution is 5.81. The van der Waals surface area contributed by atoms with E-state index in [2.05, 4.69) is 31.8 Å². The number of nitrogens with zero attached hydrogens (tertiary/aromatic N) is 2. The van der Waals surface area contributed by atoms with E-state index in [0.717, 1.165) is 11.0 Å². The molecule has 0 aliphatic carbocycles. The Bertz CT molecular complexity index is 600. The molecule has 0 bridgehead atoms. The van der Waals surface area contributed by atoms with Crippen molar-refractivity contribution in [2.24, 2.45) is 0 Å². The molecule has 102 valence electrons. The molecule has 0 radical (unpaired) electrons. The summed E-state index contributed by atoms with van der Waals surface area (Å²) in [6, 6.07) is 3.73. The SMILES string of the molecule is CC(C)(C)c1cn([C@@H]2COC[C@H]2F)c2ncccc12. The third kappa shape index (κ3) is 2.04. The zero-order chi connectivity index (χ0) is 13.6. The zero-order valence-electron chi connectivity index (χ0n) is 11.6. The lowest BCUT2D eigenvalue weighted by molar-refractivity contribution is 0.172. The summed E-state index contributed by atoms with van der Waals surface area (Å²) in [6.45, 7) is 7.10. The van der Waals surface area contributed by atoms with Gasteiger partial charge in [-0.05, 0) is 23.1 Å². The average molecular weight is 262 g/mol. The fourth-order valence-electron chi connectivity index (χ4n) is 2.70. The maximum absolute atomic E-state index is 13.9. The number of fused-ring (bicyclic) bond motifs is 1. The van der Waals surface area contributed by atoms with Gasteiger partial charge in [0, 0.05) is 17.8 Å². The van der Waals surface area contributed by atoms with Crippen molar-refractivity contribution in [1.29, 1.82) is 0 Å². The molecule has 0 saturated carbocycles. The number of pyridine rings is 1. The summed E-state index contributed by atoms with van der Waals surface area (Å²) in [6.07, 6.45) is 2.85. The van der Waals surface area contributed by atoms with Crippen LogP contribution in [0.15, 0.2) is 24.5 Å². The van der Waals surface area contributed by atoms with Gasteiger partial charge in [-0.15, -0.1) is 0 Å². The van der Waals surface area contributed by atoms with Crippen LogP contribution in [0.5, 0.6) is 0 Å². The summed E-state index contributed by atoms with van der Waals surface area (Å²) in [4.78, 5) is 4.44. The molecule has 4 heteroatoms. The Labute approximate surface area is 112 Å². The Morgan fingerprint density at radius 3 is 2.79 bits per heavy atom. The van der Waals surface area contributed by atoms with Gasteiger partial charge in [0.1, 0.15) is 11.8 Å². The van der Waals surface area contributed by atoms with Crippen LogP contribution in [-0.2, 0) is 10.2 Å². The second-order valence-corrected chi connectivity index (χ2v) is 6.20. The Morgan fingerprint density at radius 1 is 1.37 bits per heavy atom. The lowest BCUT2D eigenvalue weighted by atomic mass is 9.87. The van der Waals surface area contributed by atoms with Gasteiger partial charge in [0.25, 0.3) is 0 Å². The second-order valence-electron chi connectivity index (χ2n) is 6.20. The molecule has 3 rings (SSSR count). The molecule has 0 amide bonds. The first-order valence-corrected chi connectivity index (χ1v) is 6.66. The lowest BCUT2D eigenvalue weighted by Gasteiger charge is -2.17. The molecule has 3 nitrogen and oxygen atoms in total. The summed E-state index contributed by atoms with van der Waals surface area (Å²) in [5, 5.41) is 1.11.